The van der Waals surface area contributed by atoms with Gasteiger partial charge < -0.3 is 0 Å². The number of hydrogen-bond acceptors (Lipinski definition) is 2. The number of rotatable bonds is 3. The summed E-state index contributed by atoms with van der Waals surface area (Å²) in [5.41, 5.74) is 0. The first-order chi connectivity index (χ1) is 5.66. The molecule has 0 aromatic rings. The van der Waals surface area contributed by atoms with Gasteiger partial charge in [-0.25, -0.2) is 0 Å². The quantitative estimate of drug-likeness (QED) is 0.500. The Labute approximate surface area is 75.0 Å². The summed E-state index contributed by atoms with van der Waals surface area (Å²) >= 11 is 0. The molecule has 0 saturated carbocycles. The van der Waals surface area contributed by atoms with E-state index < -0.39 is 7.26 Å². The van der Waals surface area contributed by atoms with E-state index in [0.29, 0.717) is 6.42 Å². The molecular formula is C9H19O2P. The molecule has 0 radical (unpaired) electrons. The van der Waals surface area contributed by atoms with Gasteiger partial charge in [-0.3, -0.25) is 0 Å². The van der Waals surface area contributed by atoms with Crippen molar-refractivity contribution in [2.75, 3.05) is 32.3 Å². The Kier molecular flexibility index (Phi) is 3.52. The molecule has 1 aliphatic rings. The molecule has 0 amide bonds. The van der Waals surface area contributed by atoms with Crippen molar-refractivity contribution in [1.82, 2.24) is 0 Å². The van der Waals surface area contributed by atoms with Gasteiger partial charge in [-0.2, -0.15) is 0 Å². The van der Waals surface area contributed by atoms with Crippen molar-refractivity contribution in [3.8, 4) is 0 Å². The first-order valence-corrected chi connectivity index (χ1v) is 7.85. The Morgan fingerprint density at radius 2 is 2.00 bits per heavy atom. The summed E-state index contributed by atoms with van der Waals surface area (Å²) < 4.78 is 4.64. The van der Waals surface area contributed by atoms with Crippen LogP contribution in [-0.4, -0.2) is 38.2 Å². The SMILES string of the molecule is COC(=O)CC[PH]1(C)CCCC1. The molecule has 1 fully saturated rings. The third-order valence-corrected chi connectivity index (χ3v) is 7.55. The van der Waals surface area contributed by atoms with Crippen LogP contribution < -0.4 is 0 Å². The van der Waals surface area contributed by atoms with Gasteiger partial charge in [0.25, 0.3) is 0 Å². The monoisotopic (exact) mass is 190 g/mol. The molecular weight excluding hydrogens is 171 g/mol. The van der Waals surface area contributed by atoms with Gasteiger partial charge in [0, 0.05) is 0 Å². The van der Waals surface area contributed by atoms with Crippen molar-refractivity contribution in [3.05, 3.63) is 0 Å². The van der Waals surface area contributed by atoms with Crippen LogP contribution in [0.4, 0.5) is 0 Å². The van der Waals surface area contributed by atoms with E-state index in [1.165, 1.54) is 32.3 Å². The van der Waals surface area contributed by atoms with E-state index in [2.05, 4.69) is 11.4 Å². The fourth-order valence-electron chi connectivity index (χ4n) is 1.98. The van der Waals surface area contributed by atoms with Gasteiger partial charge in [-0.05, 0) is 0 Å². The molecule has 0 unspecified atom stereocenters. The Balaban J connectivity index is 2.25. The minimum atomic E-state index is -0.966. The first kappa shape index (κ1) is 9.98. The average Bonchev–Trinajstić information content (AvgIpc) is 2.49. The summed E-state index contributed by atoms with van der Waals surface area (Å²) in [6.07, 6.45) is 7.42. The van der Waals surface area contributed by atoms with Gasteiger partial charge in [-0.15, -0.1) is 0 Å². The molecule has 1 saturated heterocycles. The van der Waals surface area contributed by atoms with Gasteiger partial charge >= 0.3 is 74.3 Å². The number of ether oxygens (including phenoxy) is 1. The zero-order chi connectivity index (χ0) is 9.03. The van der Waals surface area contributed by atoms with Crippen molar-refractivity contribution in [2.45, 2.75) is 19.3 Å². The molecule has 1 rings (SSSR count). The summed E-state index contributed by atoms with van der Waals surface area (Å²) in [5, 5.41) is 0. The molecule has 0 spiro atoms. The molecule has 1 heterocycles. The van der Waals surface area contributed by atoms with Crippen molar-refractivity contribution in [1.29, 1.82) is 0 Å². The van der Waals surface area contributed by atoms with Gasteiger partial charge in [-0.1, -0.05) is 0 Å². The van der Waals surface area contributed by atoms with Crippen LogP contribution in [0.1, 0.15) is 19.3 Å². The molecule has 3 heteroatoms. The maximum atomic E-state index is 10.9. The third kappa shape index (κ3) is 2.75. The number of hydrogen-bond donors (Lipinski definition) is 0. The maximum absolute atomic E-state index is 10.9. The van der Waals surface area contributed by atoms with E-state index in [9.17, 15) is 4.79 Å². The van der Waals surface area contributed by atoms with Crippen LogP contribution in [0.3, 0.4) is 0 Å². The van der Waals surface area contributed by atoms with Crippen LogP contribution in [-0.2, 0) is 9.53 Å². The van der Waals surface area contributed by atoms with E-state index in [0.717, 1.165) is 6.16 Å². The summed E-state index contributed by atoms with van der Waals surface area (Å²) in [6.45, 7) is 2.42. The average molecular weight is 190 g/mol. The van der Waals surface area contributed by atoms with E-state index in [4.69, 9.17) is 0 Å². The molecule has 2 nitrogen and oxygen atoms in total. The number of methoxy groups -OCH3 is 1. The Bertz CT molecular complexity index is 162. The molecule has 72 valence electrons. The van der Waals surface area contributed by atoms with Gasteiger partial charge in [0.2, 0.25) is 0 Å². The Morgan fingerprint density at radius 3 is 2.50 bits per heavy atom. The Morgan fingerprint density at radius 1 is 1.42 bits per heavy atom. The molecule has 0 aromatic carbocycles. The predicted octanol–water partition coefficient (Wildman–Crippen LogP) is 1.72. The van der Waals surface area contributed by atoms with Crippen molar-refractivity contribution >= 4 is 13.2 Å². The van der Waals surface area contributed by atoms with Gasteiger partial charge in [0.1, 0.15) is 0 Å². The molecule has 0 N–H and O–H groups in total. The summed E-state index contributed by atoms with van der Waals surface area (Å²) in [7, 11) is 0.507. The zero-order valence-corrected chi connectivity index (χ0v) is 9.06. The zero-order valence-electron chi connectivity index (χ0n) is 8.06. The fourth-order valence-corrected chi connectivity index (χ4v) is 5.75. The van der Waals surface area contributed by atoms with Crippen LogP contribution in [0.2, 0.25) is 0 Å². The second-order valence-electron chi connectivity index (χ2n) is 4.09. The summed E-state index contributed by atoms with van der Waals surface area (Å²) in [5.74, 6) is -0.0318. The van der Waals surface area contributed by atoms with E-state index >= 15 is 0 Å². The summed E-state index contributed by atoms with van der Waals surface area (Å²) in [4.78, 5) is 10.9. The van der Waals surface area contributed by atoms with Crippen LogP contribution in [0.5, 0.6) is 0 Å². The molecule has 0 aromatic heterocycles. The fraction of sp³-hybridized carbons (Fsp3) is 0.889. The number of esters is 1. The van der Waals surface area contributed by atoms with Gasteiger partial charge in [0.15, 0.2) is 0 Å². The summed E-state index contributed by atoms with van der Waals surface area (Å²) in [6, 6.07) is 0. The molecule has 1 aliphatic heterocycles. The Hall–Kier alpha value is -0.100. The predicted molar refractivity (Wildman–Crippen MR) is 54.7 cm³/mol. The topological polar surface area (TPSA) is 26.3 Å². The van der Waals surface area contributed by atoms with Crippen LogP contribution in [0, 0.1) is 0 Å². The standard InChI is InChI=1S/C9H19O2P/c1-11-9(10)5-8-12(2)6-3-4-7-12/h12H,3-8H2,1-2H3. The van der Waals surface area contributed by atoms with Crippen LogP contribution >= 0.6 is 7.26 Å². The normalized spacial score (nSPS) is 23.5. The molecule has 0 atom stereocenters. The molecule has 0 aliphatic carbocycles. The molecule has 12 heavy (non-hydrogen) atoms. The van der Waals surface area contributed by atoms with E-state index in [1.54, 1.807) is 0 Å². The van der Waals surface area contributed by atoms with E-state index in [-0.39, 0.29) is 5.97 Å². The van der Waals surface area contributed by atoms with Crippen molar-refractivity contribution < 1.29 is 9.53 Å². The third-order valence-electron chi connectivity index (χ3n) is 2.97. The second kappa shape index (κ2) is 4.23. The van der Waals surface area contributed by atoms with E-state index in [1.807, 2.05) is 0 Å². The minimum absolute atomic E-state index is 0.0318. The molecule has 0 bridgehead atoms. The van der Waals surface area contributed by atoms with Crippen LogP contribution in [0.15, 0.2) is 0 Å². The van der Waals surface area contributed by atoms with Crippen LogP contribution in [0.25, 0.3) is 0 Å². The number of carbonyl (C=O) groups is 1. The van der Waals surface area contributed by atoms with Gasteiger partial charge in [0.05, 0.1) is 0 Å². The van der Waals surface area contributed by atoms with Crippen molar-refractivity contribution in [3.63, 3.8) is 0 Å². The van der Waals surface area contributed by atoms with Crippen molar-refractivity contribution in [2.24, 2.45) is 0 Å². The number of carbonyl (C=O) groups excluding carboxylic acids is 1. The second-order valence-corrected chi connectivity index (χ2v) is 9.22. The first-order valence-electron chi connectivity index (χ1n) is 4.73.